The van der Waals surface area contributed by atoms with Gasteiger partial charge in [-0.1, -0.05) is 6.92 Å². The molecule has 102 valence electrons. The molecule has 0 aromatic carbocycles. The Morgan fingerprint density at radius 1 is 1.50 bits per heavy atom. The molecule has 0 atom stereocenters. The third kappa shape index (κ3) is 4.49. The maximum Gasteiger partial charge on any atom is 0.343 e. The van der Waals surface area contributed by atoms with Crippen molar-refractivity contribution in [2.75, 3.05) is 30.0 Å². The van der Waals surface area contributed by atoms with Crippen LogP contribution in [0.15, 0.2) is 0 Å². The fourth-order valence-corrected chi connectivity index (χ4v) is 2.90. The van der Waals surface area contributed by atoms with Gasteiger partial charge in [0, 0.05) is 6.54 Å². The van der Waals surface area contributed by atoms with Crippen LogP contribution in [0.25, 0.3) is 0 Å². The first kappa shape index (κ1) is 15.3. The van der Waals surface area contributed by atoms with E-state index in [-0.39, 0.29) is 5.97 Å². The summed E-state index contributed by atoms with van der Waals surface area (Å²) in [6.07, 6.45) is 1.08. The molecule has 0 saturated heterocycles. The quantitative estimate of drug-likeness (QED) is 0.588. The van der Waals surface area contributed by atoms with Gasteiger partial charge in [0.25, 0.3) is 0 Å². The average Bonchev–Trinajstić information content (AvgIpc) is 2.71. The minimum atomic E-state index is -0.283. The Labute approximate surface area is 117 Å². The maximum absolute atomic E-state index is 11.8. The predicted octanol–water partition coefficient (Wildman–Crippen LogP) is 3.18. The summed E-state index contributed by atoms with van der Waals surface area (Å²) >= 11 is 3.25. The molecule has 0 amide bonds. The van der Waals surface area contributed by atoms with Crippen molar-refractivity contribution in [2.45, 2.75) is 27.2 Å². The zero-order valence-electron chi connectivity index (χ0n) is 11.1. The molecule has 0 spiro atoms. The van der Waals surface area contributed by atoms with Gasteiger partial charge in [-0.15, -0.1) is 0 Å². The molecule has 0 saturated carbocycles. The summed E-state index contributed by atoms with van der Waals surface area (Å²) in [6.45, 7) is 7.05. The largest absolute Gasteiger partial charge is 0.462 e. The molecule has 1 heterocycles. The molecule has 0 bridgehead atoms. The van der Waals surface area contributed by atoms with Crippen molar-refractivity contribution in [2.24, 2.45) is 0 Å². The standard InChI is InChI=1S/C12H20N2O2S2/c1-4-16-12(15)10-9(3)14-18-11(10)13-7-6-8-17-5-2/h13H,4-8H2,1-3H3. The lowest BCUT2D eigenvalue weighted by Crippen LogP contribution is -2.10. The highest BCUT2D eigenvalue weighted by Gasteiger charge is 2.19. The van der Waals surface area contributed by atoms with Crippen LogP contribution >= 0.6 is 23.3 Å². The van der Waals surface area contributed by atoms with Crippen molar-refractivity contribution in [3.05, 3.63) is 11.3 Å². The fraction of sp³-hybridized carbons (Fsp3) is 0.667. The van der Waals surface area contributed by atoms with Gasteiger partial charge in [0.2, 0.25) is 0 Å². The van der Waals surface area contributed by atoms with Crippen molar-refractivity contribution < 1.29 is 9.53 Å². The molecule has 0 aliphatic rings. The number of thioether (sulfide) groups is 1. The Morgan fingerprint density at radius 3 is 2.94 bits per heavy atom. The van der Waals surface area contributed by atoms with Gasteiger partial charge in [-0.2, -0.15) is 16.1 Å². The Hall–Kier alpha value is -0.750. The molecular formula is C12H20N2O2S2. The summed E-state index contributed by atoms with van der Waals surface area (Å²) in [5, 5.41) is 4.10. The first-order valence-electron chi connectivity index (χ1n) is 6.15. The molecule has 0 fully saturated rings. The highest BCUT2D eigenvalue weighted by atomic mass is 32.2. The highest BCUT2D eigenvalue weighted by Crippen LogP contribution is 2.25. The topological polar surface area (TPSA) is 51.2 Å². The van der Waals surface area contributed by atoms with Gasteiger partial charge in [-0.3, -0.25) is 0 Å². The van der Waals surface area contributed by atoms with Gasteiger partial charge in [0.05, 0.1) is 12.3 Å². The van der Waals surface area contributed by atoms with Gasteiger partial charge in [0.15, 0.2) is 0 Å². The van der Waals surface area contributed by atoms with E-state index in [4.69, 9.17) is 4.74 Å². The molecule has 0 aliphatic heterocycles. The summed E-state index contributed by atoms with van der Waals surface area (Å²) in [5.74, 6) is 2.00. The zero-order valence-corrected chi connectivity index (χ0v) is 12.7. The number of aromatic nitrogens is 1. The maximum atomic E-state index is 11.8. The smallest absolute Gasteiger partial charge is 0.343 e. The average molecular weight is 288 g/mol. The first-order valence-corrected chi connectivity index (χ1v) is 8.08. The lowest BCUT2D eigenvalue weighted by molar-refractivity contribution is 0.0527. The summed E-state index contributed by atoms with van der Waals surface area (Å²) in [4.78, 5) is 11.8. The summed E-state index contributed by atoms with van der Waals surface area (Å²) in [5.41, 5.74) is 1.33. The molecule has 4 nitrogen and oxygen atoms in total. The van der Waals surface area contributed by atoms with Crippen molar-refractivity contribution in [1.29, 1.82) is 0 Å². The molecule has 1 N–H and O–H groups in total. The van der Waals surface area contributed by atoms with E-state index in [1.165, 1.54) is 11.5 Å². The zero-order chi connectivity index (χ0) is 13.4. The Balaban J connectivity index is 2.52. The highest BCUT2D eigenvalue weighted by molar-refractivity contribution is 7.99. The van der Waals surface area contributed by atoms with Crippen molar-refractivity contribution in [3.63, 3.8) is 0 Å². The van der Waals surface area contributed by atoms with Gasteiger partial charge in [0.1, 0.15) is 10.6 Å². The van der Waals surface area contributed by atoms with Crippen molar-refractivity contribution >= 4 is 34.3 Å². The third-order valence-electron chi connectivity index (χ3n) is 2.30. The Morgan fingerprint density at radius 2 is 2.28 bits per heavy atom. The van der Waals surface area contributed by atoms with Crippen molar-refractivity contribution in [1.82, 2.24) is 4.37 Å². The molecule has 0 radical (unpaired) electrons. The number of anilines is 1. The number of carbonyl (C=O) groups is 1. The van der Waals surface area contributed by atoms with Gasteiger partial charge >= 0.3 is 5.97 Å². The first-order chi connectivity index (χ1) is 8.70. The number of ether oxygens (including phenoxy) is 1. The van der Waals surface area contributed by atoms with Crippen LogP contribution < -0.4 is 5.32 Å². The number of aryl methyl sites for hydroxylation is 1. The molecule has 6 heteroatoms. The van der Waals surface area contributed by atoms with Crippen LogP contribution in [0.2, 0.25) is 0 Å². The van der Waals surface area contributed by atoms with E-state index in [9.17, 15) is 4.79 Å². The second-order valence-corrected chi connectivity index (χ2v) is 5.84. The van der Waals surface area contributed by atoms with E-state index in [0.717, 1.165) is 35.2 Å². The Bertz CT molecular complexity index is 380. The van der Waals surface area contributed by atoms with Crippen LogP contribution in [0.5, 0.6) is 0 Å². The van der Waals surface area contributed by atoms with E-state index >= 15 is 0 Å². The summed E-state index contributed by atoms with van der Waals surface area (Å²) < 4.78 is 9.24. The number of nitrogens with zero attached hydrogens (tertiary/aromatic N) is 1. The van der Waals surface area contributed by atoms with Crippen LogP contribution in [0.1, 0.15) is 36.3 Å². The molecule has 1 rings (SSSR count). The molecule has 0 aliphatic carbocycles. The number of hydrogen-bond donors (Lipinski definition) is 1. The SMILES string of the molecule is CCOC(=O)c1c(C)nsc1NCCCSCC. The lowest BCUT2D eigenvalue weighted by atomic mass is 10.2. The van der Waals surface area contributed by atoms with E-state index in [1.54, 1.807) is 0 Å². The second-order valence-electron chi connectivity index (χ2n) is 3.67. The molecule has 1 aromatic rings. The second kappa shape index (κ2) is 8.37. The minimum Gasteiger partial charge on any atom is -0.462 e. The van der Waals surface area contributed by atoms with Crippen LogP contribution in [0.3, 0.4) is 0 Å². The normalized spacial score (nSPS) is 10.4. The van der Waals surface area contributed by atoms with E-state index in [0.29, 0.717) is 12.2 Å². The van der Waals surface area contributed by atoms with Gasteiger partial charge < -0.3 is 10.1 Å². The van der Waals surface area contributed by atoms with Crippen LogP contribution in [-0.2, 0) is 4.74 Å². The number of nitrogens with one attached hydrogen (secondary N) is 1. The molecule has 0 unspecified atom stereocenters. The van der Waals surface area contributed by atoms with Crippen molar-refractivity contribution in [3.8, 4) is 0 Å². The third-order valence-corrected chi connectivity index (χ3v) is 4.18. The monoisotopic (exact) mass is 288 g/mol. The van der Waals surface area contributed by atoms with Crippen LogP contribution in [0, 0.1) is 6.92 Å². The summed E-state index contributed by atoms with van der Waals surface area (Å²) in [7, 11) is 0. The van der Waals surface area contributed by atoms with Gasteiger partial charge in [-0.25, -0.2) is 4.79 Å². The predicted molar refractivity (Wildman–Crippen MR) is 78.9 cm³/mol. The van der Waals surface area contributed by atoms with Crippen LogP contribution in [0.4, 0.5) is 5.00 Å². The number of carbonyl (C=O) groups excluding carboxylic acids is 1. The van der Waals surface area contributed by atoms with Gasteiger partial charge in [-0.05, 0) is 43.3 Å². The number of esters is 1. The number of hydrogen-bond acceptors (Lipinski definition) is 6. The van der Waals surface area contributed by atoms with E-state index in [1.807, 2.05) is 25.6 Å². The fourth-order valence-electron chi connectivity index (χ4n) is 1.45. The van der Waals surface area contributed by atoms with Crippen LogP contribution in [-0.4, -0.2) is 35.0 Å². The number of rotatable bonds is 8. The molecule has 18 heavy (non-hydrogen) atoms. The molecule has 1 aromatic heterocycles. The lowest BCUT2D eigenvalue weighted by Gasteiger charge is -2.06. The molecular weight excluding hydrogens is 268 g/mol. The van der Waals surface area contributed by atoms with E-state index < -0.39 is 0 Å². The minimum absolute atomic E-state index is 0.283. The van der Waals surface area contributed by atoms with E-state index in [2.05, 4.69) is 16.6 Å². The summed E-state index contributed by atoms with van der Waals surface area (Å²) in [6, 6.07) is 0. The Kier molecular flexibility index (Phi) is 7.12.